The molecule has 1 unspecified atom stereocenters. The van der Waals surface area contributed by atoms with Gasteiger partial charge < -0.3 is 14.3 Å². The van der Waals surface area contributed by atoms with Crippen molar-refractivity contribution in [1.29, 1.82) is 0 Å². The van der Waals surface area contributed by atoms with Crippen molar-refractivity contribution in [2.45, 2.75) is 32.2 Å². The van der Waals surface area contributed by atoms with Gasteiger partial charge in [-0.05, 0) is 37.3 Å². The van der Waals surface area contributed by atoms with Crippen molar-refractivity contribution in [2.75, 3.05) is 0 Å². The summed E-state index contributed by atoms with van der Waals surface area (Å²) in [5.41, 5.74) is 2.63. The van der Waals surface area contributed by atoms with Crippen molar-refractivity contribution < 1.29 is 9.21 Å². The van der Waals surface area contributed by atoms with E-state index in [9.17, 15) is 9.59 Å². The van der Waals surface area contributed by atoms with Crippen LogP contribution in [0.2, 0.25) is 0 Å². The number of aromatic nitrogens is 2. The molecule has 128 valence electrons. The summed E-state index contributed by atoms with van der Waals surface area (Å²) in [6.07, 6.45) is 4.33. The summed E-state index contributed by atoms with van der Waals surface area (Å²) < 4.78 is 6.88. The SMILES string of the molecule is Cc1oc2ncn(C)c(=O)c2c1C(=O)NC1CCCc2ccccc21. The van der Waals surface area contributed by atoms with Crippen molar-refractivity contribution >= 4 is 17.0 Å². The Kier molecular flexibility index (Phi) is 3.67. The Morgan fingerprint density at radius 1 is 1.36 bits per heavy atom. The second-order valence-electron chi connectivity index (χ2n) is 6.49. The minimum absolute atomic E-state index is 0.0534. The molecule has 25 heavy (non-hydrogen) atoms. The largest absolute Gasteiger partial charge is 0.442 e. The van der Waals surface area contributed by atoms with Gasteiger partial charge in [0.1, 0.15) is 17.5 Å². The highest BCUT2D eigenvalue weighted by molar-refractivity contribution is 6.06. The molecular formula is C19H19N3O3. The molecule has 3 aromatic rings. The Balaban J connectivity index is 1.74. The maximum atomic E-state index is 12.9. The Hall–Kier alpha value is -2.89. The summed E-state index contributed by atoms with van der Waals surface area (Å²) in [5, 5.41) is 3.32. The molecule has 4 rings (SSSR count). The molecular weight excluding hydrogens is 318 g/mol. The quantitative estimate of drug-likeness (QED) is 0.780. The van der Waals surface area contributed by atoms with E-state index in [1.165, 1.54) is 16.5 Å². The van der Waals surface area contributed by atoms with Gasteiger partial charge in [-0.25, -0.2) is 4.98 Å². The van der Waals surface area contributed by atoms with Crippen LogP contribution in [0, 0.1) is 6.92 Å². The minimum atomic E-state index is -0.289. The summed E-state index contributed by atoms with van der Waals surface area (Å²) in [6, 6.07) is 8.11. The molecule has 0 aliphatic heterocycles. The zero-order valence-electron chi connectivity index (χ0n) is 14.2. The average Bonchev–Trinajstić information content (AvgIpc) is 2.95. The van der Waals surface area contributed by atoms with Gasteiger partial charge in [0.05, 0.1) is 11.6 Å². The number of nitrogens with one attached hydrogen (secondary N) is 1. The fourth-order valence-electron chi connectivity index (χ4n) is 3.59. The standard InChI is InChI=1S/C19H19N3O3/c1-11-15(16-18(25-11)20-10-22(2)19(16)24)17(23)21-14-9-5-7-12-6-3-4-8-13(12)14/h3-4,6,8,10,14H,5,7,9H2,1-2H3,(H,21,23). The van der Waals surface area contributed by atoms with Crippen LogP contribution in [0.4, 0.5) is 0 Å². The van der Waals surface area contributed by atoms with Crippen molar-refractivity contribution in [3.8, 4) is 0 Å². The number of benzene rings is 1. The van der Waals surface area contributed by atoms with Crippen LogP contribution in [0.25, 0.3) is 11.1 Å². The molecule has 1 amide bonds. The number of amides is 1. The third-order valence-electron chi connectivity index (χ3n) is 4.85. The first-order valence-corrected chi connectivity index (χ1v) is 8.39. The minimum Gasteiger partial charge on any atom is -0.442 e. The van der Waals surface area contributed by atoms with E-state index >= 15 is 0 Å². The van der Waals surface area contributed by atoms with Crippen LogP contribution in [0.15, 0.2) is 39.8 Å². The van der Waals surface area contributed by atoms with Crippen LogP contribution >= 0.6 is 0 Å². The first-order valence-electron chi connectivity index (χ1n) is 8.39. The fourth-order valence-corrected chi connectivity index (χ4v) is 3.59. The van der Waals surface area contributed by atoms with Gasteiger partial charge in [-0.1, -0.05) is 24.3 Å². The maximum absolute atomic E-state index is 12.9. The van der Waals surface area contributed by atoms with Crippen LogP contribution in [0.3, 0.4) is 0 Å². The number of fused-ring (bicyclic) bond motifs is 2. The van der Waals surface area contributed by atoms with E-state index < -0.39 is 0 Å². The first kappa shape index (κ1) is 15.6. The number of aryl methyl sites for hydroxylation is 3. The number of hydrogen-bond acceptors (Lipinski definition) is 4. The van der Waals surface area contributed by atoms with Crippen LogP contribution in [-0.4, -0.2) is 15.5 Å². The third-order valence-corrected chi connectivity index (χ3v) is 4.85. The third kappa shape index (κ3) is 2.54. The lowest BCUT2D eigenvalue weighted by Gasteiger charge is -2.26. The van der Waals surface area contributed by atoms with E-state index in [0.717, 1.165) is 24.8 Å². The highest BCUT2D eigenvalue weighted by Gasteiger charge is 2.26. The number of carbonyl (C=O) groups excluding carboxylic acids is 1. The van der Waals surface area contributed by atoms with Crippen LogP contribution in [0.1, 0.15) is 46.1 Å². The molecule has 1 aromatic carbocycles. The molecule has 1 N–H and O–H groups in total. The van der Waals surface area contributed by atoms with Gasteiger partial charge in [0, 0.05) is 7.05 Å². The topological polar surface area (TPSA) is 77.1 Å². The number of nitrogens with zero attached hydrogens (tertiary/aromatic N) is 2. The monoisotopic (exact) mass is 337 g/mol. The van der Waals surface area contributed by atoms with Gasteiger partial charge in [-0.2, -0.15) is 0 Å². The molecule has 0 spiro atoms. The Labute approximate surface area is 144 Å². The zero-order valence-corrected chi connectivity index (χ0v) is 14.2. The Bertz CT molecular complexity index is 1030. The lowest BCUT2D eigenvalue weighted by molar-refractivity contribution is 0.0932. The smallest absolute Gasteiger partial charge is 0.265 e. The number of carbonyl (C=O) groups is 1. The predicted octanol–water partition coefficient (Wildman–Crippen LogP) is 2.64. The molecule has 1 aliphatic rings. The molecule has 0 saturated heterocycles. The molecule has 0 radical (unpaired) electrons. The summed E-state index contributed by atoms with van der Waals surface area (Å²) in [5.74, 6) is 0.121. The molecule has 0 saturated carbocycles. The zero-order chi connectivity index (χ0) is 17.6. The maximum Gasteiger partial charge on any atom is 0.265 e. The van der Waals surface area contributed by atoms with E-state index in [-0.39, 0.29) is 34.2 Å². The molecule has 2 aromatic heterocycles. The van der Waals surface area contributed by atoms with E-state index in [2.05, 4.69) is 22.4 Å². The Morgan fingerprint density at radius 3 is 3.00 bits per heavy atom. The summed E-state index contributed by atoms with van der Waals surface area (Å²) in [6.45, 7) is 1.69. The van der Waals surface area contributed by atoms with E-state index in [0.29, 0.717) is 5.76 Å². The van der Waals surface area contributed by atoms with Gasteiger partial charge >= 0.3 is 0 Å². The highest BCUT2D eigenvalue weighted by atomic mass is 16.3. The van der Waals surface area contributed by atoms with Crippen molar-refractivity contribution in [3.05, 3.63) is 63.4 Å². The Morgan fingerprint density at radius 2 is 2.16 bits per heavy atom. The second-order valence-corrected chi connectivity index (χ2v) is 6.49. The average molecular weight is 337 g/mol. The summed E-state index contributed by atoms with van der Waals surface area (Å²) in [4.78, 5) is 29.5. The molecule has 6 nitrogen and oxygen atoms in total. The van der Waals surface area contributed by atoms with E-state index in [4.69, 9.17) is 4.42 Å². The fraction of sp³-hybridized carbons (Fsp3) is 0.316. The van der Waals surface area contributed by atoms with Gasteiger partial charge in [0.2, 0.25) is 5.71 Å². The second kappa shape index (κ2) is 5.88. The number of furan rings is 1. The molecule has 1 aliphatic carbocycles. The summed E-state index contributed by atoms with van der Waals surface area (Å²) >= 11 is 0. The van der Waals surface area contributed by atoms with Gasteiger partial charge in [-0.3, -0.25) is 9.59 Å². The molecule has 2 heterocycles. The molecule has 6 heteroatoms. The molecule has 0 bridgehead atoms. The lowest BCUT2D eigenvalue weighted by atomic mass is 9.87. The van der Waals surface area contributed by atoms with Crippen molar-refractivity contribution in [1.82, 2.24) is 14.9 Å². The van der Waals surface area contributed by atoms with Crippen LogP contribution in [-0.2, 0) is 13.5 Å². The van der Waals surface area contributed by atoms with Crippen LogP contribution in [0.5, 0.6) is 0 Å². The number of hydrogen-bond donors (Lipinski definition) is 1. The normalized spacial score (nSPS) is 16.6. The van der Waals surface area contributed by atoms with Gasteiger partial charge in [0.25, 0.3) is 11.5 Å². The first-order chi connectivity index (χ1) is 12.1. The van der Waals surface area contributed by atoms with Gasteiger partial charge in [0.15, 0.2) is 0 Å². The molecule has 0 fully saturated rings. The van der Waals surface area contributed by atoms with E-state index in [1.54, 1.807) is 14.0 Å². The number of rotatable bonds is 2. The predicted molar refractivity (Wildman–Crippen MR) is 93.6 cm³/mol. The van der Waals surface area contributed by atoms with Crippen LogP contribution < -0.4 is 10.9 Å². The van der Waals surface area contributed by atoms with Crippen molar-refractivity contribution in [2.24, 2.45) is 7.05 Å². The summed E-state index contributed by atoms with van der Waals surface area (Å²) in [7, 11) is 1.61. The molecule has 1 atom stereocenters. The van der Waals surface area contributed by atoms with E-state index in [1.807, 2.05) is 12.1 Å². The lowest BCUT2D eigenvalue weighted by Crippen LogP contribution is -2.32. The van der Waals surface area contributed by atoms with Crippen molar-refractivity contribution in [3.63, 3.8) is 0 Å². The van der Waals surface area contributed by atoms with Gasteiger partial charge in [-0.15, -0.1) is 0 Å². The highest BCUT2D eigenvalue weighted by Crippen LogP contribution is 2.30.